The second-order valence-electron chi connectivity index (χ2n) is 8.67. The molecule has 2 nitrogen and oxygen atoms in total. The predicted octanol–water partition coefficient (Wildman–Crippen LogP) is 9.30. The number of furan rings is 1. The van der Waals surface area contributed by atoms with Gasteiger partial charge in [-0.3, -0.25) is 0 Å². The Labute approximate surface area is 197 Å². The van der Waals surface area contributed by atoms with E-state index in [-0.39, 0.29) is 0 Å². The highest BCUT2D eigenvalue weighted by Gasteiger charge is 2.14. The van der Waals surface area contributed by atoms with Gasteiger partial charge in [0.1, 0.15) is 11.2 Å². The SMILES string of the molecule is c1ccc(Nc2ccc(-c3ccc4oc5ccccc5c4c3)c3c2ccc2ccccc23)cc1. The van der Waals surface area contributed by atoms with Crippen molar-refractivity contribution in [1.29, 1.82) is 0 Å². The van der Waals surface area contributed by atoms with Crippen LogP contribution < -0.4 is 5.32 Å². The number of nitrogens with one attached hydrogen (secondary N) is 1. The molecule has 7 aromatic rings. The van der Waals surface area contributed by atoms with E-state index in [4.69, 9.17) is 4.42 Å². The quantitative estimate of drug-likeness (QED) is 0.280. The molecule has 1 N–H and O–H groups in total. The van der Waals surface area contributed by atoms with Crippen molar-refractivity contribution in [3.05, 3.63) is 121 Å². The van der Waals surface area contributed by atoms with Crippen molar-refractivity contribution in [2.75, 3.05) is 5.32 Å². The Morgan fingerprint density at radius 3 is 2.18 bits per heavy atom. The van der Waals surface area contributed by atoms with Crippen LogP contribution in [-0.2, 0) is 0 Å². The van der Waals surface area contributed by atoms with Gasteiger partial charge in [-0.05, 0) is 63.7 Å². The van der Waals surface area contributed by atoms with Crippen molar-refractivity contribution < 1.29 is 4.42 Å². The molecule has 0 fully saturated rings. The summed E-state index contributed by atoms with van der Waals surface area (Å²) in [5.41, 5.74) is 6.43. The Kier molecular flexibility index (Phi) is 4.18. The number of para-hydroxylation sites is 2. The fraction of sp³-hybridized carbons (Fsp3) is 0. The summed E-state index contributed by atoms with van der Waals surface area (Å²) in [5.74, 6) is 0. The molecule has 34 heavy (non-hydrogen) atoms. The number of hydrogen-bond donors (Lipinski definition) is 1. The second kappa shape index (κ2) is 7.50. The van der Waals surface area contributed by atoms with Gasteiger partial charge in [0.15, 0.2) is 0 Å². The molecule has 0 radical (unpaired) electrons. The van der Waals surface area contributed by atoms with Crippen molar-refractivity contribution in [3.8, 4) is 11.1 Å². The summed E-state index contributed by atoms with van der Waals surface area (Å²) < 4.78 is 6.08. The Hall–Kier alpha value is -4.56. The molecule has 0 aliphatic heterocycles. The van der Waals surface area contributed by atoms with Crippen molar-refractivity contribution in [2.45, 2.75) is 0 Å². The molecule has 0 saturated heterocycles. The summed E-state index contributed by atoms with van der Waals surface area (Å²) in [6, 6.07) is 42.6. The number of benzene rings is 6. The third-order valence-corrected chi connectivity index (χ3v) is 6.65. The molecule has 0 amide bonds. The van der Waals surface area contributed by atoms with E-state index in [0.717, 1.165) is 33.3 Å². The summed E-state index contributed by atoms with van der Waals surface area (Å²) in [7, 11) is 0. The van der Waals surface area contributed by atoms with Crippen LogP contribution in [0.5, 0.6) is 0 Å². The molecule has 0 atom stereocenters. The van der Waals surface area contributed by atoms with Gasteiger partial charge < -0.3 is 9.73 Å². The second-order valence-corrected chi connectivity index (χ2v) is 8.67. The Balaban J connectivity index is 1.51. The molecular formula is C32H21NO. The summed E-state index contributed by atoms with van der Waals surface area (Å²) in [6.45, 7) is 0. The van der Waals surface area contributed by atoms with Crippen molar-refractivity contribution >= 4 is 54.9 Å². The first-order valence-electron chi connectivity index (χ1n) is 11.5. The normalized spacial score (nSPS) is 11.5. The zero-order valence-corrected chi connectivity index (χ0v) is 18.5. The monoisotopic (exact) mass is 435 g/mol. The third-order valence-electron chi connectivity index (χ3n) is 6.65. The van der Waals surface area contributed by atoms with Gasteiger partial charge in [-0.15, -0.1) is 0 Å². The Morgan fingerprint density at radius 1 is 0.500 bits per heavy atom. The van der Waals surface area contributed by atoms with Gasteiger partial charge in [0, 0.05) is 27.5 Å². The number of fused-ring (bicyclic) bond motifs is 6. The van der Waals surface area contributed by atoms with E-state index in [1.165, 1.54) is 32.7 Å². The summed E-state index contributed by atoms with van der Waals surface area (Å²) in [5, 5.41) is 10.9. The third kappa shape index (κ3) is 2.96. The zero-order valence-electron chi connectivity index (χ0n) is 18.5. The van der Waals surface area contributed by atoms with Crippen LogP contribution in [0.15, 0.2) is 126 Å². The lowest BCUT2D eigenvalue weighted by molar-refractivity contribution is 0.669. The minimum atomic E-state index is 0.918. The van der Waals surface area contributed by atoms with Gasteiger partial charge in [0.25, 0.3) is 0 Å². The van der Waals surface area contributed by atoms with Crippen molar-refractivity contribution in [3.63, 3.8) is 0 Å². The number of anilines is 2. The van der Waals surface area contributed by atoms with E-state index in [1.54, 1.807) is 0 Å². The van der Waals surface area contributed by atoms with Crippen molar-refractivity contribution in [2.24, 2.45) is 0 Å². The highest BCUT2D eigenvalue weighted by Crippen LogP contribution is 2.40. The van der Waals surface area contributed by atoms with Gasteiger partial charge in [0.2, 0.25) is 0 Å². The molecule has 1 aromatic heterocycles. The Bertz CT molecular complexity index is 1830. The van der Waals surface area contributed by atoms with Crippen LogP contribution in [0.2, 0.25) is 0 Å². The standard InChI is InChI=1S/C32H21NO/c1-2-9-23(10-3-1)33-29-18-17-25(32-24-11-5-4-8-21(24)14-16-27(29)32)22-15-19-31-28(20-22)26-12-6-7-13-30(26)34-31/h1-20,33H. The maximum Gasteiger partial charge on any atom is 0.135 e. The van der Waals surface area contributed by atoms with E-state index in [2.05, 4.69) is 108 Å². The van der Waals surface area contributed by atoms with E-state index >= 15 is 0 Å². The maximum absolute atomic E-state index is 6.08. The van der Waals surface area contributed by atoms with E-state index in [1.807, 2.05) is 18.2 Å². The van der Waals surface area contributed by atoms with Crippen LogP contribution in [0.25, 0.3) is 54.6 Å². The molecule has 0 bridgehead atoms. The average molecular weight is 436 g/mol. The van der Waals surface area contributed by atoms with Crippen LogP contribution in [0.1, 0.15) is 0 Å². The van der Waals surface area contributed by atoms with E-state index < -0.39 is 0 Å². The van der Waals surface area contributed by atoms with Crippen LogP contribution >= 0.6 is 0 Å². The van der Waals surface area contributed by atoms with Gasteiger partial charge in [-0.1, -0.05) is 84.9 Å². The predicted molar refractivity (Wildman–Crippen MR) is 144 cm³/mol. The molecule has 2 heteroatoms. The molecule has 0 aliphatic rings. The van der Waals surface area contributed by atoms with Gasteiger partial charge in [-0.2, -0.15) is 0 Å². The first kappa shape index (κ1) is 19.0. The molecule has 6 aromatic carbocycles. The Morgan fingerprint density at radius 2 is 1.26 bits per heavy atom. The lowest BCUT2D eigenvalue weighted by atomic mass is 9.92. The lowest BCUT2D eigenvalue weighted by Gasteiger charge is -2.16. The number of rotatable bonds is 3. The highest BCUT2D eigenvalue weighted by atomic mass is 16.3. The van der Waals surface area contributed by atoms with E-state index in [9.17, 15) is 0 Å². The first-order chi connectivity index (χ1) is 16.8. The average Bonchev–Trinajstić information content (AvgIpc) is 3.27. The van der Waals surface area contributed by atoms with Crippen LogP contribution in [-0.4, -0.2) is 0 Å². The molecule has 1 heterocycles. The molecule has 0 saturated carbocycles. The van der Waals surface area contributed by atoms with Crippen LogP contribution in [0.3, 0.4) is 0 Å². The van der Waals surface area contributed by atoms with Gasteiger partial charge >= 0.3 is 0 Å². The van der Waals surface area contributed by atoms with Gasteiger partial charge in [-0.25, -0.2) is 0 Å². The van der Waals surface area contributed by atoms with Crippen LogP contribution in [0.4, 0.5) is 11.4 Å². The maximum atomic E-state index is 6.08. The minimum Gasteiger partial charge on any atom is -0.456 e. The number of hydrogen-bond acceptors (Lipinski definition) is 2. The topological polar surface area (TPSA) is 25.2 Å². The lowest BCUT2D eigenvalue weighted by Crippen LogP contribution is -1.93. The molecule has 160 valence electrons. The fourth-order valence-corrected chi connectivity index (χ4v) is 5.05. The largest absolute Gasteiger partial charge is 0.456 e. The molecule has 0 unspecified atom stereocenters. The molecule has 0 aliphatic carbocycles. The molecule has 0 spiro atoms. The van der Waals surface area contributed by atoms with E-state index in [0.29, 0.717) is 0 Å². The molecule has 7 rings (SSSR count). The summed E-state index contributed by atoms with van der Waals surface area (Å²) in [4.78, 5) is 0. The minimum absolute atomic E-state index is 0.918. The summed E-state index contributed by atoms with van der Waals surface area (Å²) >= 11 is 0. The fourth-order valence-electron chi connectivity index (χ4n) is 5.05. The first-order valence-corrected chi connectivity index (χ1v) is 11.5. The van der Waals surface area contributed by atoms with Crippen LogP contribution in [0, 0.1) is 0 Å². The smallest absolute Gasteiger partial charge is 0.135 e. The zero-order chi connectivity index (χ0) is 22.5. The van der Waals surface area contributed by atoms with Crippen molar-refractivity contribution in [1.82, 2.24) is 0 Å². The summed E-state index contributed by atoms with van der Waals surface area (Å²) in [6.07, 6.45) is 0. The molecular weight excluding hydrogens is 414 g/mol. The highest BCUT2D eigenvalue weighted by molar-refractivity contribution is 6.18. The van der Waals surface area contributed by atoms with Gasteiger partial charge in [0.05, 0.1) is 0 Å².